The summed E-state index contributed by atoms with van der Waals surface area (Å²) in [7, 11) is 0. The van der Waals surface area contributed by atoms with Gasteiger partial charge in [0.05, 0.1) is 22.6 Å². The Bertz CT molecular complexity index is 756. The van der Waals surface area contributed by atoms with Gasteiger partial charge in [0.2, 0.25) is 0 Å². The van der Waals surface area contributed by atoms with Gasteiger partial charge in [-0.05, 0) is 32.0 Å². The third-order valence-corrected chi connectivity index (χ3v) is 3.14. The van der Waals surface area contributed by atoms with Gasteiger partial charge in [-0.25, -0.2) is 9.36 Å². The Morgan fingerprint density at radius 1 is 1.05 bits per heavy atom. The fourth-order valence-electron chi connectivity index (χ4n) is 2.17. The molecule has 0 aliphatic rings. The Labute approximate surface area is 116 Å². The molecule has 5 heteroatoms. The summed E-state index contributed by atoms with van der Waals surface area (Å²) in [6, 6.07) is 11.6. The topological polar surface area (TPSA) is 52.7 Å². The zero-order valence-electron chi connectivity index (χ0n) is 11.3. The zero-order chi connectivity index (χ0) is 14.1. The molecule has 0 N–H and O–H groups in total. The van der Waals surface area contributed by atoms with Crippen LogP contribution in [0.3, 0.4) is 0 Å². The number of rotatable bonds is 3. The lowest BCUT2D eigenvalue weighted by Gasteiger charge is -2.07. The molecule has 2 heterocycles. The van der Waals surface area contributed by atoms with Crippen LogP contribution >= 0.6 is 0 Å². The maximum Gasteiger partial charge on any atom is 0.167 e. The molecule has 3 rings (SSSR count). The van der Waals surface area contributed by atoms with Crippen LogP contribution in [0.5, 0.6) is 0 Å². The molecular weight excluding hydrogens is 252 g/mol. The Morgan fingerprint density at radius 3 is 2.40 bits per heavy atom. The normalized spacial score (nSPS) is 10.7. The van der Waals surface area contributed by atoms with Gasteiger partial charge in [-0.1, -0.05) is 18.2 Å². The van der Waals surface area contributed by atoms with Crippen LogP contribution in [0.25, 0.3) is 11.5 Å². The minimum absolute atomic E-state index is 0.553. The summed E-state index contributed by atoms with van der Waals surface area (Å²) < 4.78 is 3.43. The molecule has 0 radical (unpaired) electrons. The number of benzene rings is 1. The highest BCUT2D eigenvalue weighted by molar-refractivity contribution is 5.82. The largest absolute Gasteiger partial charge is 0.298 e. The van der Waals surface area contributed by atoms with E-state index < -0.39 is 0 Å². The highest BCUT2D eigenvalue weighted by atomic mass is 16.1. The summed E-state index contributed by atoms with van der Waals surface area (Å²) in [6.07, 6.45) is 2.66. The molecular formula is C15H14N4O. The smallest absolute Gasteiger partial charge is 0.167 e. The maximum absolute atomic E-state index is 11.4. The molecule has 0 unspecified atom stereocenters. The molecule has 0 aliphatic carbocycles. The van der Waals surface area contributed by atoms with Crippen molar-refractivity contribution in [2.75, 3.05) is 0 Å². The van der Waals surface area contributed by atoms with Gasteiger partial charge in [0.1, 0.15) is 0 Å². The molecule has 0 bridgehead atoms. The van der Waals surface area contributed by atoms with Gasteiger partial charge in [-0.2, -0.15) is 10.2 Å². The molecule has 100 valence electrons. The Balaban J connectivity index is 2.28. The van der Waals surface area contributed by atoms with Gasteiger partial charge in [-0.3, -0.25) is 4.79 Å². The predicted molar refractivity (Wildman–Crippen MR) is 75.5 cm³/mol. The van der Waals surface area contributed by atoms with E-state index in [0.29, 0.717) is 17.1 Å². The first-order valence-corrected chi connectivity index (χ1v) is 6.33. The number of aldehydes is 1. The quantitative estimate of drug-likeness (QED) is 0.684. The molecule has 3 aromatic rings. The third kappa shape index (κ3) is 1.93. The maximum atomic E-state index is 11.4. The number of aromatic nitrogens is 4. The molecule has 0 saturated heterocycles. The fourth-order valence-corrected chi connectivity index (χ4v) is 2.17. The summed E-state index contributed by atoms with van der Waals surface area (Å²) in [4.78, 5) is 11.4. The molecule has 5 nitrogen and oxygen atoms in total. The second kappa shape index (κ2) is 4.77. The predicted octanol–water partition coefficient (Wildman–Crippen LogP) is 2.49. The van der Waals surface area contributed by atoms with E-state index in [1.54, 1.807) is 9.36 Å². The monoisotopic (exact) mass is 266 g/mol. The highest BCUT2D eigenvalue weighted by Gasteiger charge is 2.18. The first-order chi connectivity index (χ1) is 9.70. The van der Waals surface area contributed by atoms with Gasteiger partial charge >= 0.3 is 0 Å². The van der Waals surface area contributed by atoms with E-state index in [0.717, 1.165) is 17.7 Å². The van der Waals surface area contributed by atoms with Gasteiger partial charge in [0.25, 0.3) is 0 Å². The number of para-hydroxylation sites is 1. The van der Waals surface area contributed by atoms with Crippen molar-refractivity contribution in [1.82, 2.24) is 19.6 Å². The van der Waals surface area contributed by atoms with Crippen molar-refractivity contribution in [1.29, 1.82) is 0 Å². The van der Waals surface area contributed by atoms with Crippen LogP contribution in [0, 0.1) is 13.8 Å². The fraction of sp³-hybridized carbons (Fsp3) is 0.133. The van der Waals surface area contributed by atoms with Crippen LogP contribution in [0.1, 0.15) is 21.7 Å². The second-order valence-electron chi connectivity index (χ2n) is 4.59. The lowest BCUT2D eigenvalue weighted by Crippen LogP contribution is -2.07. The minimum atomic E-state index is 0.553. The van der Waals surface area contributed by atoms with E-state index in [2.05, 4.69) is 10.2 Å². The summed E-state index contributed by atoms with van der Waals surface area (Å²) in [5, 5.41) is 8.85. The molecule has 0 amide bonds. The van der Waals surface area contributed by atoms with Crippen LogP contribution in [0.15, 0.2) is 42.6 Å². The van der Waals surface area contributed by atoms with Crippen molar-refractivity contribution >= 4 is 6.29 Å². The summed E-state index contributed by atoms with van der Waals surface area (Å²) in [5.74, 6) is 0.664. The Morgan fingerprint density at radius 2 is 1.80 bits per heavy atom. The molecule has 0 aliphatic heterocycles. The second-order valence-corrected chi connectivity index (χ2v) is 4.59. The van der Waals surface area contributed by atoms with Crippen molar-refractivity contribution < 1.29 is 4.79 Å². The number of carbonyl (C=O) groups is 1. The number of aryl methyl sites for hydroxylation is 2. The molecule has 0 spiro atoms. The lowest BCUT2D eigenvalue weighted by atomic mass is 10.2. The van der Waals surface area contributed by atoms with E-state index in [9.17, 15) is 4.79 Å². The van der Waals surface area contributed by atoms with Gasteiger partial charge < -0.3 is 0 Å². The summed E-state index contributed by atoms with van der Waals surface area (Å²) in [6.45, 7) is 3.73. The first kappa shape index (κ1) is 12.3. The average molecular weight is 266 g/mol. The molecule has 20 heavy (non-hydrogen) atoms. The zero-order valence-corrected chi connectivity index (χ0v) is 11.3. The number of hydrogen-bond donors (Lipinski definition) is 0. The SMILES string of the molecule is Cc1ccn(-c2c(C=O)c(C)nn2-c2ccccc2)n1. The molecule has 0 fully saturated rings. The third-order valence-electron chi connectivity index (χ3n) is 3.14. The van der Waals surface area contributed by atoms with Crippen molar-refractivity contribution in [2.45, 2.75) is 13.8 Å². The van der Waals surface area contributed by atoms with Crippen molar-refractivity contribution in [3.05, 3.63) is 59.5 Å². The van der Waals surface area contributed by atoms with Crippen molar-refractivity contribution in [2.24, 2.45) is 0 Å². The standard InChI is InChI=1S/C15H14N4O/c1-11-8-9-18(16-11)15-14(10-20)12(2)17-19(15)13-6-4-3-5-7-13/h3-10H,1-2H3. The van der Waals surface area contributed by atoms with Crippen LogP contribution in [0.4, 0.5) is 0 Å². The Hall–Kier alpha value is -2.69. The highest BCUT2D eigenvalue weighted by Crippen LogP contribution is 2.20. The average Bonchev–Trinajstić information content (AvgIpc) is 3.03. The van der Waals surface area contributed by atoms with E-state index in [4.69, 9.17) is 0 Å². The van der Waals surface area contributed by atoms with E-state index >= 15 is 0 Å². The molecule has 0 atom stereocenters. The Kier molecular flexibility index (Phi) is 2.95. The summed E-state index contributed by atoms with van der Waals surface area (Å²) in [5.41, 5.74) is 3.02. The van der Waals surface area contributed by atoms with Crippen LogP contribution in [-0.2, 0) is 0 Å². The minimum Gasteiger partial charge on any atom is -0.298 e. The number of carbonyl (C=O) groups excluding carboxylic acids is 1. The number of hydrogen-bond acceptors (Lipinski definition) is 3. The molecule has 2 aromatic heterocycles. The van der Waals surface area contributed by atoms with Crippen LogP contribution < -0.4 is 0 Å². The molecule has 1 aromatic carbocycles. The van der Waals surface area contributed by atoms with Crippen LogP contribution in [-0.4, -0.2) is 25.8 Å². The van der Waals surface area contributed by atoms with E-state index in [1.807, 2.05) is 56.4 Å². The first-order valence-electron chi connectivity index (χ1n) is 6.33. The molecule has 0 saturated carbocycles. The van der Waals surface area contributed by atoms with Crippen LogP contribution in [0.2, 0.25) is 0 Å². The van der Waals surface area contributed by atoms with E-state index in [-0.39, 0.29) is 0 Å². The number of nitrogens with zero attached hydrogens (tertiary/aromatic N) is 4. The van der Waals surface area contributed by atoms with Gasteiger partial charge in [0, 0.05) is 6.20 Å². The lowest BCUT2D eigenvalue weighted by molar-refractivity contribution is 0.112. The van der Waals surface area contributed by atoms with E-state index in [1.165, 1.54) is 0 Å². The van der Waals surface area contributed by atoms with Crippen molar-refractivity contribution in [3.8, 4) is 11.5 Å². The van der Waals surface area contributed by atoms with Gasteiger partial charge in [0.15, 0.2) is 12.1 Å². The van der Waals surface area contributed by atoms with Crippen molar-refractivity contribution in [3.63, 3.8) is 0 Å². The van der Waals surface area contributed by atoms with Gasteiger partial charge in [-0.15, -0.1) is 0 Å². The summed E-state index contributed by atoms with van der Waals surface area (Å²) >= 11 is 0.